The molecule has 3 aromatic carbocycles. The Morgan fingerprint density at radius 1 is 0.906 bits per heavy atom. The summed E-state index contributed by atoms with van der Waals surface area (Å²) in [7, 11) is 0. The summed E-state index contributed by atoms with van der Waals surface area (Å²) >= 11 is 12.8. The first-order chi connectivity index (χ1) is 15.6. The summed E-state index contributed by atoms with van der Waals surface area (Å²) in [4.78, 5) is 15.0. The number of carbonyl (C=O) groups is 1. The third-order valence-electron chi connectivity index (χ3n) is 4.64. The highest BCUT2D eigenvalue weighted by Crippen LogP contribution is 2.36. The fourth-order valence-electron chi connectivity index (χ4n) is 3.07. The van der Waals surface area contributed by atoms with E-state index in [1.54, 1.807) is 11.0 Å². The van der Waals surface area contributed by atoms with E-state index in [1.807, 2.05) is 78.9 Å². The number of halogens is 1. The molecule has 1 heterocycles. The molecule has 0 aromatic heterocycles. The second-order valence-corrected chi connectivity index (χ2v) is 8.99. The summed E-state index contributed by atoms with van der Waals surface area (Å²) in [6, 6.07) is 24.5. The Labute approximate surface area is 201 Å². The van der Waals surface area contributed by atoms with E-state index in [2.05, 4.69) is 0 Å². The van der Waals surface area contributed by atoms with Gasteiger partial charge in [-0.05, 0) is 48.0 Å². The third kappa shape index (κ3) is 5.51. The Morgan fingerprint density at radius 3 is 2.34 bits per heavy atom. The van der Waals surface area contributed by atoms with Gasteiger partial charge in [0.25, 0.3) is 5.91 Å². The van der Waals surface area contributed by atoms with Crippen LogP contribution in [0.1, 0.15) is 12.0 Å². The monoisotopic (exact) mass is 481 g/mol. The molecule has 0 radical (unpaired) electrons. The quantitative estimate of drug-likeness (QED) is 0.206. The van der Waals surface area contributed by atoms with Crippen molar-refractivity contribution in [3.8, 4) is 11.5 Å². The molecule has 1 amide bonds. The van der Waals surface area contributed by atoms with Crippen molar-refractivity contribution >= 4 is 57.6 Å². The maximum absolute atomic E-state index is 12.8. The highest BCUT2D eigenvalue weighted by molar-refractivity contribution is 8.27. The van der Waals surface area contributed by atoms with Crippen molar-refractivity contribution in [2.75, 3.05) is 18.1 Å². The van der Waals surface area contributed by atoms with E-state index in [1.165, 1.54) is 11.8 Å². The molecule has 1 fully saturated rings. The molecule has 4 rings (SSSR count). The van der Waals surface area contributed by atoms with Crippen LogP contribution < -0.4 is 14.4 Å². The number of benzene rings is 3. The van der Waals surface area contributed by atoms with Crippen LogP contribution in [0.2, 0.25) is 5.02 Å². The largest absolute Gasteiger partial charge is 0.493 e. The maximum atomic E-state index is 12.8. The minimum atomic E-state index is -0.106. The molecule has 4 nitrogen and oxygen atoms in total. The molecule has 0 saturated carbocycles. The van der Waals surface area contributed by atoms with Crippen molar-refractivity contribution in [2.45, 2.75) is 6.42 Å². The predicted octanol–water partition coefficient (Wildman–Crippen LogP) is 6.59. The average Bonchev–Trinajstić information content (AvgIpc) is 3.09. The van der Waals surface area contributed by atoms with E-state index in [4.69, 9.17) is 33.3 Å². The lowest BCUT2D eigenvalue weighted by Crippen LogP contribution is -2.27. The molecule has 0 atom stereocenters. The summed E-state index contributed by atoms with van der Waals surface area (Å²) in [5.41, 5.74) is 1.69. The van der Waals surface area contributed by atoms with E-state index in [-0.39, 0.29) is 5.91 Å². The molecule has 0 unspecified atom stereocenters. The zero-order valence-corrected chi connectivity index (χ0v) is 19.5. The van der Waals surface area contributed by atoms with Crippen molar-refractivity contribution in [3.63, 3.8) is 0 Å². The van der Waals surface area contributed by atoms with Gasteiger partial charge in [0.15, 0.2) is 4.32 Å². The van der Waals surface area contributed by atoms with E-state index in [0.717, 1.165) is 23.4 Å². The molecule has 162 valence electrons. The molecule has 0 bridgehead atoms. The molecule has 0 N–H and O–H groups in total. The fraction of sp³-hybridized carbons (Fsp3) is 0.120. The minimum absolute atomic E-state index is 0.106. The second kappa shape index (κ2) is 10.7. The number of hydrogen-bond donors (Lipinski definition) is 0. The number of thioether (sulfide) groups is 1. The van der Waals surface area contributed by atoms with Crippen molar-refractivity contribution in [1.82, 2.24) is 0 Å². The first-order valence-corrected chi connectivity index (χ1v) is 11.7. The van der Waals surface area contributed by atoms with Gasteiger partial charge in [-0.2, -0.15) is 0 Å². The van der Waals surface area contributed by atoms with Crippen LogP contribution >= 0.6 is 35.6 Å². The summed E-state index contributed by atoms with van der Waals surface area (Å²) in [6.07, 6.45) is 2.58. The van der Waals surface area contributed by atoms with Gasteiger partial charge in [-0.15, -0.1) is 0 Å². The average molecular weight is 482 g/mol. The van der Waals surface area contributed by atoms with Crippen LogP contribution in [0.5, 0.6) is 11.5 Å². The van der Waals surface area contributed by atoms with Crippen LogP contribution in [0.15, 0.2) is 83.8 Å². The first kappa shape index (κ1) is 22.4. The van der Waals surface area contributed by atoms with Gasteiger partial charge in [-0.3, -0.25) is 9.69 Å². The van der Waals surface area contributed by atoms with E-state index < -0.39 is 0 Å². The van der Waals surface area contributed by atoms with Gasteiger partial charge in [0.05, 0.1) is 28.8 Å². The number of nitrogens with zero attached hydrogens (tertiary/aromatic N) is 1. The van der Waals surface area contributed by atoms with Crippen LogP contribution in [0, 0.1) is 0 Å². The third-order valence-corrected chi connectivity index (χ3v) is 6.25. The zero-order chi connectivity index (χ0) is 22.3. The lowest BCUT2D eigenvalue weighted by molar-refractivity contribution is -0.113. The highest BCUT2D eigenvalue weighted by Gasteiger charge is 2.33. The molecule has 1 aliphatic heterocycles. The Balaban J connectivity index is 1.29. The van der Waals surface area contributed by atoms with Gasteiger partial charge in [0.1, 0.15) is 11.5 Å². The number of hydrogen-bond acceptors (Lipinski definition) is 5. The minimum Gasteiger partial charge on any atom is -0.493 e. The van der Waals surface area contributed by atoms with Crippen molar-refractivity contribution < 1.29 is 14.3 Å². The van der Waals surface area contributed by atoms with Gasteiger partial charge >= 0.3 is 0 Å². The molecular formula is C25H20ClNO3S2. The molecule has 7 heteroatoms. The first-order valence-electron chi connectivity index (χ1n) is 10.0. The Kier molecular flexibility index (Phi) is 7.47. The number of carbonyl (C=O) groups excluding carboxylic acids is 1. The SMILES string of the molecule is O=C1C(=Cc2ccc(OCCCOc3ccccc3Cl)cc2)SC(=S)N1c1ccccc1. The second-order valence-electron chi connectivity index (χ2n) is 6.90. The topological polar surface area (TPSA) is 38.8 Å². The van der Waals surface area contributed by atoms with Gasteiger partial charge in [0, 0.05) is 6.42 Å². The summed E-state index contributed by atoms with van der Waals surface area (Å²) in [5, 5.41) is 0.602. The Hall–Kier alpha value is -2.80. The molecule has 1 saturated heterocycles. The fourth-order valence-corrected chi connectivity index (χ4v) is 4.56. The zero-order valence-electron chi connectivity index (χ0n) is 17.1. The van der Waals surface area contributed by atoms with Crippen LogP contribution in [-0.4, -0.2) is 23.4 Å². The summed E-state index contributed by atoms with van der Waals surface area (Å²) in [5.74, 6) is 1.33. The number of amides is 1. The molecule has 0 aliphatic carbocycles. The predicted molar refractivity (Wildman–Crippen MR) is 136 cm³/mol. The molecular weight excluding hydrogens is 462 g/mol. The van der Waals surface area contributed by atoms with E-state index in [0.29, 0.717) is 33.2 Å². The highest BCUT2D eigenvalue weighted by atomic mass is 35.5. The summed E-state index contributed by atoms with van der Waals surface area (Å²) < 4.78 is 12.0. The van der Waals surface area contributed by atoms with Crippen molar-refractivity contribution in [1.29, 1.82) is 0 Å². The van der Waals surface area contributed by atoms with Gasteiger partial charge in [-0.1, -0.05) is 78.0 Å². The maximum Gasteiger partial charge on any atom is 0.270 e. The Bertz CT molecular complexity index is 1130. The van der Waals surface area contributed by atoms with Crippen LogP contribution in [0.3, 0.4) is 0 Å². The van der Waals surface area contributed by atoms with E-state index >= 15 is 0 Å². The number of thiocarbonyl (C=S) groups is 1. The smallest absolute Gasteiger partial charge is 0.270 e. The molecule has 3 aromatic rings. The van der Waals surface area contributed by atoms with Gasteiger partial charge in [0.2, 0.25) is 0 Å². The van der Waals surface area contributed by atoms with Gasteiger partial charge in [-0.25, -0.2) is 0 Å². The normalized spacial score (nSPS) is 14.8. The molecule has 0 spiro atoms. The van der Waals surface area contributed by atoms with Crippen LogP contribution in [-0.2, 0) is 4.79 Å². The molecule has 1 aliphatic rings. The Morgan fingerprint density at radius 2 is 1.59 bits per heavy atom. The summed E-state index contributed by atoms with van der Waals surface area (Å²) in [6.45, 7) is 1.05. The molecule has 32 heavy (non-hydrogen) atoms. The number of anilines is 1. The van der Waals surface area contributed by atoms with Crippen molar-refractivity contribution in [2.24, 2.45) is 0 Å². The number of rotatable bonds is 8. The van der Waals surface area contributed by atoms with Crippen molar-refractivity contribution in [3.05, 3.63) is 94.4 Å². The standard InChI is InChI=1S/C25H20ClNO3S2/c26-21-9-4-5-10-22(21)30-16-6-15-29-20-13-11-18(12-14-20)17-23-24(28)27(25(31)32-23)19-7-2-1-3-8-19/h1-5,7-14,17H,6,15-16H2. The van der Waals surface area contributed by atoms with Gasteiger partial charge < -0.3 is 9.47 Å². The van der Waals surface area contributed by atoms with E-state index in [9.17, 15) is 4.79 Å². The lowest BCUT2D eigenvalue weighted by atomic mass is 10.2. The lowest BCUT2D eigenvalue weighted by Gasteiger charge is -2.13. The van der Waals surface area contributed by atoms with Crippen LogP contribution in [0.25, 0.3) is 6.08 Å². The van der Waals surface area contributed by atoms with Crippen LogP contribution in [0.4, 0.5) is 5.69 Å². The number of para-hydroxylation sites is 2. The number of ether oxygens (including phenoxy) is 2.